The maximum Gasteiger partial charge on any atom is 0.305 e. The summed E-state index contributed by atoms with van der Waals surface area (Å²) in [7, 11) is 0. The number of nitrogens with zero attached hydrogens (tertiary/aromatic N) is 1. The molecule has 1 aromatic carbocycles. The van der Waals surface area contributed by atoms with Crippen LogP contribution < -0.4 is 0 Å². The van der Waals surface area contributed by atoms with E-state index in [1.54, 1.807) is 4.90 Å². The van der Waals surface area contributed by atoms with Crippen LogP contribution in [0.4, 0.5) is 0 Å². The van der Waals surface area contributed by atoms with Crippen molar-refractivity contribution in [3.05, 3.63) is 35.4 Å². The van der Waals surface area contributed by atoms with Crippen LogP contribution >= 0.6 is 0 Å². The van der Waals surface area contributed by atoms with Crippen LogP contribution in [0.2, 0.25) is 0 Å². The van der Waals surface area contributed by atoms with E-state index < -0.39 is 5.97 Å². The maximum atomic E-state index is 12.2. The van der Waals surface area contributed by atoms with Gasteiger partial charge in [0.1, 0.15) is 0 Å². The van der Waals surface area contributed by atoms with Gasteiger partial charge in [-0.15, -0.1) is 0 Å². The summed E-state index contributed by atoms with van der Waals surface area (Å²) in [6.07, 6.45) is 5.20. The van der Waals surface area contributed by atoms with Gasteiger partial charge in [-0.25, -0.2) is 0 Å². The number of aliphatic carboxylic acids is 1. The SMILES string of the molecule is Cc1ccc(CCCCC(=O)N2CCCC2CC(=O)O)cc1. The van der Waals surface area contributed by atoms with Crippen LogP contribution in [-0.2, 0) is 16.0 Å². The van der Waals surface area contributed by atoms with Gasteiger partial charge in [-0.1, -0.05) is 29.8 Å². The molecule has 1 saturated heterocycles. The van der Waals surface area contributed by atoms with Crippen molar-refractivity contribution in [1.29, 1.82) is 0 Å². The van der Waals surface area contributed by atoms with Crippen molar-refractivity contribution in [1.82, 2.24) is 4.90 Å². The van der Waals surface area contributed by atoms with Gasteiger partial charge in [0.15, 0.2) is 0 Å². The molecule has 0 bridgehead atoms. The molecule has 1 N–H and O–H groups in total. The van der Waals surface area contributed by atoms with Gasteiger partial charge < -0.3 is 10.0 Å². The molecule has 0 aromatic heterocycles. The molecular weight excluding hydrogens is 278 g/mol. The van der Waals surface area contributed by atoms with Gasteiger partial charge in [0.25, 0.3) is 0 Å². The number of benzene rings is 1. The second kappa shape index (κ2) is 7.97. The standard InChI is InChI=1S/C18H25NO3/c1-14-8-10-15(11-9-14)5-2-3-7-17(20)19-12-4-6-16(19)13-18(21)22/h8-11,16H,2-7,12-13H2,1H3,(H,21,22). The Labute approximate surface area is 132 Å². The van der Waals surface area contributed by atoms with Gasteiger partial charge >= 0.3 is 5.97 Å². The molecule has 120 valence electrons. The molecule has 1 heterocycles. The van der Waals surface area contributed by atoms with Crippen LogP contribution in [0.25, 0.3) is 0 Å². The van der Waals surface area contributed by atoms with Crippen molar-refractivity contribution in [3.63, 3.8) is 0 Å². The fourth-order valence-corrected chi connectivity index (χ4v) is 3.08. The lowest BCUT2D eigenvalue weighted by atomic mass is 10.1. The summed E-state index contributed by atoms with van der Waals surface area (Å²) in [5.74, 6) is -0.697. The fraction of sp³-hybridized carbons (Fsp3) is 0.556. The molecule has 1 atom stereocenters. The largest absolute Gasteiger partial charge is 0.481 e. The minimum absolute atomic E-state index is 0.0785. The Bertz CT molecular complexity index is 510. The number of hydrogen-bond donors (Lipinski definition) is 1. The van der Waals surface area contributed by atoms with Gasteiger partial charge in [0.2, 0.25) is 5.91 Å². The number of carbonyl (C=O) groups excluding carboxylic acids is 1. The van der Waals surface area contributed by atoms with E-state index in [0.717, 1.165) is 38.6 Å². The number of hydrogen-bond acceptors (Lipinski definition) is 2. The third-order valence-electron chi connectivity index (χ3n) is 4.33. The Morgan fingerprint density at radius 1 is 1.23 bits per heavy atom. The highest BCUT2D eigenvalue weighted by Gasteiger charge is 2.29. The number of rotatable bonds is 7. The number of carboxylic acids is 1. The lowest BCUT2D eigenvalue weighted by Gasteiger charge is -2.23. The third-order valence-corrected chi connectivity index (χ3v) is 4.33. The van der Waals surface area contributed by atoms with E-state index in [9.17, 15) is 9.59 Å². The summed E-state index contributed by atoms with van der Waals surface area (Å²) in [6, 6.07) is 8.41. The Hall–Kier alpha value is -1.84. The lowest BCUT2D eigenvalue weighted by molar-refractivity contribution is -0.139. The molecule has 1 fully saturated rings. The second-order valence-corrected chi connectivity index (χ2v) is 6.17. The van der Waals surface area contributed by atoms with Crippen molar-refractivity contribution >= 4 is 11.9 Å². The van der Waals surface area contributed by atoms with Crippen molar-refractivity contribution < 1.29 is 14.7 Å². The van der Waals surface area contributed by atoms with Crippen LogP contribution in [0.3, 0.4) is 0 Å². The predicted molar refractivity (Wildman–Crippen MR) is 85.7 cm³/mol. The van der Waals surface area contributed by atoms with E-state index in [2.05, 4.69) is 31.2 Å². The van der Waals surface area contributed by atoms with E-state index in [4.69, 9.17) is 5.11 Å². The first-order valence-corrected chi connectivity index (χ1v) is 8.13. The van der Waals surface area contributed by atoms with E-state index in [1.165, 1.54) is 11.1 Å². The zero-order valence-electron chi connectivity index (χ0n) is 13.3. The highest BCUT2D eigenvalue weighted by Crippen LogP contribution is 2.21. The zero-order chi connectivity index (χ0) is 15.9. The highest BCUT2D eigenvalue weighted by atomic mass is 16.4. The summed E-state index contributed by atoms with van der Waals surface area (Å²) in [5, 5.41) is 8.90. The molecule has 1 amide bonds. The van der Waals surface area contributed by atoms with Crippen LogP contribution in [-0.4, -0.2) is 34.5 Å². The van der Waals surface area contributed by atoms with Crippen molar-refractivity contribution in [2.45, 2.75) is 57.9 Å². The van der Waals surface area contributed by atoms with E-state index >= 15 is 0 Å². The first-order valence-electron chi connectivity index (χ1n) is 8.13. The Morgan fingerprint density at radius 3 is 2.64 bits per heavy atom. The maximum absolute atomic E-state index is 12.2. The number of likely N-dealkylation sites (tertiary alicyclic amines) is 1. The summed E-state index contributed by atoms with van der Waals surface area (Å²) in [6.45, 7) is 2.79. The predicted octanol–water partition coefficient (Wildman–Crippen LogP) is 3.17. The number of unbranched alkanes of at least 4 members (excludes halogenated alkanes) is 1. The lowest BCUT2D eigenvalue weighted by Crippen LogP contribution is -2.36. The molecule has 4 heteroatoms. The molecule has 22 heavy (non-hydrogen) atoms. The first kappa shape index (κ1) is 16.5. The molecule has 0 saturated carbocycles. The first-order chi connectivity index (χ1) is 10.6. The van der Waals surface area contributed by atoms with Gasteiger partial charge in [-0.05, 0) is 44.6 Å². The van der Waals surface area contributed by atoms with Crippen molar-refractivity contribution in [3.8, 4) is 0 Å². The number of aryl methyl sites for hydroxylation is 2. The summed E-state index contributed by atoms with van der Waals surface area (Å²) in [5.41, 5.74) is 2.57. The van der Waals surface area contributed by atoms with Crippen molar-refractivity contribution in [2.75, 3.05) is 6.54 Å². The Morgan fingerprint density at radius 2 is 1.95 bits per heavy atom. The monoisotopic (exact) mass is 303 g/mol. The zero-order valence-corrected chi connectivity index (χ0v) is 13.3. The molecular formula is C18H25NO3. The molecule has 0 aliphatic carbocycles. The second-order valence-electron chi connectivity index (χ2n) is 6.17. The van der Waals surface area contributed by atoms with Crippen LogP contribution in [0.1, 0.15) is 49.7 Å². The van der Waals surface area contributed by atoms with E-state index in [0.29, 0.717) is 6.42 Å². The average molecular weight is 303 g/mol. The van der Waals surface area contributed by atoms with E-state index in [-0.39, 0.29) is 18.4 Å². The van der Waals surface area contributed by atoms with Crippen LogP contribution in [0.15, 0.2) is 24.3 Å². The average Bonchev–Trinajstić information content (AvgIpc) is 2.92. The fourth-order valence-electron chi connectivity index (χ4n) is 3.08. The highest BCUT2D eigenvalue weighted by molar-refractivity contribution is 5.78. The summed E-state index contributed by atoms with van der Waals surface area (Å²) in [4.78, 5) is 24.8. The third kappa shape index (κ3) is 4.86. The van der Waals surface area contributed by atoms with Gasteiger partial charge in [0, 0.05) is 19.0 Å². The number of carbonyl (C=O) groups is 2. The minimum atomic E-state index is -0.816. The van der Waals surface area contributed by atoms with Gasteiger partial charge in [0.05, 0.1) is 6.42 Å². The van der Waals surface area contributed by atoms with E-state index in [1.807, 2.05) is 0 Å². The van der Waals surface area contributed by atoms with Gasteiger partial charge in [-0.2, -0.15) is 0 Å². The molecule has 0 radical (unpaired) electrons. The number of carboxylic acid groups (broad SMARTS) is 1. The quantitative estimate of drug-likeness (QED) is 0.787. The molecule has 1 unspecified atom stereocenters. The molecule has 1 aromatic rings. The molecule has 4 nitrogen and oxygen atoms in total. The Balaban J connectivity index is 1.71. The molecule has 1 aliphatic rings. The van der Waals surface area contributed by atoms with Crippen molar-refractivity contribution in [2.24, 2.45) is 0 Å². The molecule has 0 spiro atoms. The minimum Gasteiger partial charge on any atom is -0.481 e. The Kier molecular flexibility index (Phi) is 5.99. The summed E-state index contributed by atoms with van der Waals surface area (Å²) < 4.78 is 0. The topological polar surface area (TPSA) is 57.6 Å². The molecule has 2 rings (SSSR count). The summed E-state index contributed by atoms with van der Waals surface area (Å²) >= 11 is 0. The smallest absolute Gasteiger partial charge is 0.305 e. The van der Waals surface area contributed by atoms with Crippen LogP contribution in [0, 0.1) is 6.92 Å². The molecule has 1 aliphatic heterocycles. The normalized spacial score (nSPS) is 17.7. The number of amides is 1. The van der Waals surface area contributed by atoms with Crippen LogP contribution in [0.5, 0.6) is 0 Å². The van der Waals surface area contributed by atoms with Gasteiger partial charge in [-0.3, -0.25) is 9.59 Å².